The van der Waals surface area contributed by atoms with Gasteiger partial charge in [-0.3, -0.25) is 4.79 Å². The molecule has 0 heterocycles. The highest BCUT2D eigenvalue weighted by atomic mass is 19.1. The zero-order chi connectivity index (χ0) is 12.0. The van der Waals surface area contributed by atoms with Crippen molar-refractivity contribution >= 4 is 5.91 Å². The van der Waals surface area contributed by atoms with E-state index in [1.807, 2.05) is 0 Å². The first kappa shape index (κ1) is 12.6. The Morgan fingerprint density at radius 2 is 1.88 bits per heavy atom. The molecule has 1 rings (SSSR count). The smallest absolute Gasteiger partial charge is 0.257 e. The average Bonchev–Trinajstić information content (AvgIpc) is 2.24. The fraction of sp³-hybridized carbons (Fsp3) is 0.364. The Morgan fingerprint density at radius 3 is 2.44 bits per heavy atom. The number of halogens is 2. The number of carbonyl (C=O) groups excluding carboxylic acids is 1. The third-order valence-corrected chi connectivity index (χ3v) is 2.06. The molecule has 0 radical (unpaired) electrons. The molecule has 5 heteroatoms. The summed E-state index contributed by atoms with van der Waals surface area (Å²) >= 11 is 0. The summed E-state index contributed by atoms with van der Waals surface area (Å²) in [6, 6.07) is 3.27. The van der Waals surface area contributed by atoms with E-state index in [1.165, 1.54) is 6.07 Å². The SMILES string of the molecule is O=C(NCCCCO)c1c(F)cccc1F. The van der Waals surface area contributed by atoms with Gasteiger partial charge in [-0.1, -0.05) is 6.07 Å². The van der Waals surface area contributed by atoms with Gasteiger partial charge in [0, 0.05) is 13.2 Å². The summed E-state index contributed by atoms with van der Waals surface area (Å²) in [7, 11) is 0. The van der Waals surface area contributed by atoms with Gasteiger partial charge >= 0.3 is 0 Å². The van der Waals surface area contributed by atoms with Crippen LogP contribution >= 0.6 is 0 Å². The van der Waals surface area contributed by atoms with E-state index in [-0.39, 0.29) is 13.2 Å². The van der Waals surface area contributed by atoms with E-state index >= 15 is 0 Å². The molecule has 16 heavy (non-hydrogen) atoms. The normalized spacial score (nSPS) is 10.2. The predicted molar refractivity (Wildman–Crippen MR) is 55.0 cm³/mol. The van der Waals surface area contributed by atoms with Crippen LogP contribution in [0.15, 0.2) is 18.2 Å². The lowest BCUT2D eigenvalue weighted by atomic mass is 10.2. The Labute approximate surface area is 92.1 Å². The fourth-order valence-electron chi connectivity index (χ4n) is 1.24. The number of aliphatic hydroxyl groups is 1. The second-order valence-electron chi connectivity index (χ2n) is 3.28. The van der Waals surface area contributed by atoms with Crippen LogP contribution in [-0.4, -0.2) is 24.2 Å². The van der Waals surface area contributed by atoms with Crippen molar-refractivity contribution in [2.45, 2.75) is 12.8 Å². The second kappa shape index (κ2) is 6.17. The van der Waals surface area contributed by atoms with Gasteiger partial charge in [0.2, 0.25) is 0 Å². The maximum atomic E-state index is 13.1. The molecule has 0 fully saturated rings. The Kier molecular flexibility index (Phi) is 4.85. The van der Waals surface area contributed by atoms with Gasteiger partial charge in [-0.15, -0.1) is 0 Å². The van der Waals surface area contributed by atoms with E-state index in [0.717, 1.165) is 12.1 Å². The largest absolute Gasteiger partial charge is 0.396 e. The Hall–Kier alpha value is -1.49. The van der Waals surface area contributed by atoms with Gasteiger partial charge in [0.25, 0.3) is 5.91 Å². The number of unbranched alkanes of at least 4 members (excludes halogenated alkanes) is 1. The number of nitrogens with one attached hydrogen (secondary N) is 1. The third-order valence-electron chi connectivity index (χ3n) is 2.06. The highest BCUT2D eigenvalue weighted by molar-refractivity contribution is 5.94. The molecular formula is C11H13F2NO2. The first-order chi connectivity index (χ1) is 7.66. The van der Waals surface area contributed by atoms with Crippen LogP contribution in [0.1, 0.15) is 23.2 Å². The van der Waals surface area contributed by atoms with Gasteiger partial charge < -0.3 is 10.4 Å². The highest BCUT2D eigenvalue weighted by Crippen LogP contribution is 2.11. The van der Waals surface area contributed by atoms with Crippen molar-refractivity contribution in [3.8, 4) is 0 Å². The van der Waals surface area contributed by atoms with E-state index in [1.54, 1.807) is 0 Å². The molecule has 88 valence electrons. The van der Waals surface area contributed by atoms with Crippen molar-refractivity contribution in [1.29, 1.82) is 0 Å². The van der Waals surface area contributed by atoms with Crippen LogP contribution in [0, 0.1) is 11.6 Å². The van der Waals surface area contributed by atoms with Gasteiger partial charge in [0.1, 0.15) is 17.2 Å². The molecule has 0 aliphatic rings. The molecule has 3 nitrogen and oxygen atoms in total. The van der Waals surface area contributed by atoms with Crippen LogP contribution in [0.4, 0.5) is 8.78 Å². The van der Waals surface area contributed by atoms with E-state index in [0.29, 0.717) is 12.8 Å². The predicted octanol–water partition coefficient (Wildman–Crippen LogP) is 1.47. The standard InChI is InChI=1S/C11H13F2NO2/c12-8-4-3-5-9(13)10(8)11(16)14-6-1-2-7-15/h3-5,15H,1-2,6-7H2,(H,14,16). The molecule has 2 N–H and O–H groups in total. The molecule has 0 saturated carbocycles. The molecular weight excluding hydrogens is 216 g/mol. The number of benzene rings is 1. The lowest BCUT2D eigenvalue weighted by Crippen LogP contribution is -2.26. The van der Waals surface area contributed by atoms with Crippen molar-refractivity contribution in [2.24, 2.45) is 0 Å². The molecule has 0 atom stereocenters. The van der Waals surface area contributed by atoms with Crippen molar-refractivity contribution in [1.82, 2.24) is 5.32 Å². The minimum absolute atomic E-state index is 0.0317. The molecule has 1 aromatic carbocycles. The zero-order valence-electron chi connectivity index (χ0n) is 8.67. The van der Waals surface area contributed by atoms with Crippen molar-refractivity contribution in [3.63, 3.8) is 0 Å². The molecule has 0 aliphatic heterocycles. The maximum absolute atomic E-state index is 13.1. The first-order valence-electron chi connectivity index (χ1n) is 5.00. The molecule has 0 aliphatic carbocycles. The van der Waals surface area contributed by atoms with Gasteiger partial charge in [-0.25, -0.2) is 8.78 Å². The van der Waals surface area contributed by atoms with Gasteiger partial charge in [0.05, 0.1) is 0 Å². The Bertz CT molecular complexity index is 349. The number of amides is 1. The monoisotopic (exact) mass is 229 g/mol. The van der Waals surface area contributed by atoms with Gasteiger partial charge in [-0.2, -0.15) is 0 Å². The molecule has 0 saturated heterocycles. The summed E-state index contributed by atoms with van der Waals surface area (Å²) in [5.41, 5.74) is -0.563. The first-order valence-corrected chi connectivity index (χ1v) is 5.00. The lowest BCUT2D eigenvalue weighted by molar-refractivity contribution is 0.0943. The molecule has 1 amide bonds. The van der Waals surface area contributed by atoms with E-state index in [9.17, 15) is 13.6 Å². The highest BCUT2D eigenvalue weighted by Gasteiger charge is 2.15. The Balaban J connectivity index is 2.59. The summed E-state index contributed by atoms with van der Waals surface area (Å²) in [5, 5.41) is 10.9. The van der Waals surface area contributed by atoms with Gasteiger partial charge in [-0.05, 0) is 25.0 Å². The lowest BCUT2D eigenvalue weighted by Gasteiger charge is -2.06. The molecule has 1 aromatic rings. The molecule has 0 unspecified atom stereocenters. The minimum atomic E-state index is -0.875. The molecule has 0 aromatic heterocycles. The van der Waals surface area contributed by atoms with Crippen LogP contribution in [0.25, 0.3) is 0 Å². The number of carbonyl (C=O) groups is 1. The Morgan fingerprint density at radius 1 is 1.25 bits per heavy atom. The zero-order valence-corrected chi connectivity index (χ0v) is 8.67. The minimum Gasteiger partial charge on any atom is -0.396 e. The molecule has 0 bridgehead atoms. The summed E-state index contributed by atoms with van der Waals surface area (Å²) in [6.07, 6.45) is 1.11. The average molecular weight is 229 g/mol. The van der Waals surface area contributed by atoms with E-state index in [4.69, 9.17) is 5.11 Å². The summed E-state index contributed by atoms with van der Waals surface area (Å²) in [5.74, 6) is -2.52. The van der Waals surface area contributed by atoms with Crippen LogP contribution in [-0.2, 0) is 0 Å². The third kappa shape index (κ3) is 3.27. The number of hydrogen-bond donors (Lipinski definition) is 2. The van der Waals surface area contributed by atoms with Crippen LogP contribution < -0.4 is 5.32 Å². The quantitative estimate of drug-likeness (QED) is 0.751. The summed E-state index contributed by atoms with van der Waals surface area (Å²) in [6.45, 7) is 0.317. The van der Waals surface area contributed by atoms with Crippen LogP contribution in [0.5, 0.6) is 0 Å². The van der Waals surface area contributed by atoms with Crippen molar-refractivity contribution < 1.29 is 18.7 Å². The summed E-state index contributed by atoms with van der Waals surface area (Å²) < 4.78 is 26.3. The number of rotatable bonds is 5. The number of aliphatic hydroxyl groups excluding tert-OH is 1. The molecule has 0 spiro atoms. The van der Waals surface area contributed by atoms with Crippen molar-refractivity contribution in [3.05, 3.63) is 35.4 Å². The van der Waals surface area contributed by atoms with Crippen molar-refractivity contribution in [2.75, 3.05) is 13.2 Å². The van der Waals surface area contributed by atoms with Crippen LogP contribution in [0.3, 0.4) is 0 Å². The van der Waals surface area contributed by atoms with E-state index < -0.39 is 23.1 Å². The van der Waals surface area contributed by atoms with Crippen LogP contribution in [0.2, 0.25) is 0 Å². The van der Waals surface area contributed by atoms with E-state index in [2.05, 4.69) is 5.32 Å². The summed E-state index contributed by atoms with van der Waals surface area (Å²) in [4.78, 5) is 11.4. The number of hydrogen-bond acceptors (Lipinski definition) is 2. The topological polar surface area (TPSA) is 49.3 Å². The fourth-order valence-corrected chi connectivity index (χ4v) is 1.24. The second-order valence-corrected chi connectivity index (χ2v) is 3.28. The maximum Gasteiger partial charge on any atom is 0.257 e. The van der Waals surface area contributed by atoms with Gasteiger partial charge in [0.15, 0.2) is 0 Å².